The molecule has 2 aliphatic heterocycles. The van der Waals surface area contributed by atoms with E-state index in [1.807, 2.05) is 17.0 Å². The van der Waals surface area contributed by atoms with Gasteiger partial charge in [0.25, 0.3) is 0 Å². The van der Waals surface area contributed by atoms with Crippen LogP contribution in [0.3, 0.4) is 0 Å². The molecule has 4 rings (SSSR count). The number of hydrogen-bond donors (Lipinski definition) is 0. The van der Waals surface area contributed by atoms with E-state index in [2.05, 4.69) is 0 Å². The number of carbonyl (C=O) groups excluding carboxylic acids is 2. The van der Waals surface area contributed by atoms with Gasteiger partial charge < -0.3 is 19.1 Å². The number of nitrogens with zero attached hydrogens (tertiary/aromatic N) is 1. The van der Waals surface area contributed by atoms with Crippen LogP contribution >= 0.6 is 0 Å². The fourth-order valence-corrected chi connectivity index (χ4v) is 5.26. The molecule has 1 spiro atoms. The molecule has 3 atom stereocenters. The lowest BCUT2D eigenvalue weighted by molar-refractivity contribution is -0.154. The number of rotatable bonds is 3. The number of fused-ring (bicyclic) bond motifs is 1. The first-order valence-corrected chi connectivity index (χ1v) is 9.25. The van der Waals surface area contributed by atoms with Gasteiger partial charge >= 0.3 is 5.97 Å². The highest BCUT2D eigenvalue weighted by Crippen LogP contribution is 2.58. The third kappa shape index (κ3) is 2.31. The van der Waals surface area contributed by atoms with Gasteiger partial charge in [0, 0.05) is 18.9 Å². The minimum absolute atomic E-state index is 0.162. The van der Waals surface area contributed by atoms with Gasteiger partial charge in [-0.25, -0.2) is 0 Å². The Morgan fingerprint density at radius 1 is 1.19 bits per heavy atom. The number of carbonyl (C=O) groups is 2. The largest absolute Gasteiger partial charge is 0.493 e. The first kappa shape index (κ1) is 17.2. The lowest BCUT2D eigenvalue weighted by Crippen LogP contribution is -2.53. The van der Waals surface area contributed by atoms with E-state index in [1.54, 1.807) is 14.2 Å². The maximum Gasteiger partial charge on any atom is 0.303 e. The Balaban J connectivity index is 1.93. The standard InChI is InChI=1S/C20H25NO5/c1-12(22)26-18-11-21-19(23)8-13-6-4-5-7-20(13,21)15-10-17(25-3)16(24-2)9-14(15)18/h9-10,13,18H,4-8,11H2,1-3H3/t13-,18-,20-/m0/s1. The Kier molecular flexibility index (Phi) is 4.09. The molecule has 0 unspecified atom stereocenters. The molecule has 0 aromatic heterocycles. The van der Waals surface area contributed by atoms with Gasteiger partial charge in [0.2, 0.25) is 5.91 Å². The van der Waals surface area contributed by atoms with Gasteiger partial charge in [0.15, 0.2) is 11.5 Å². The summed E-state index contributed by atoms with van der Waals surface area (Å²) >= 11 is 0. The minimum Gasteiger partial charge on any atom is -0.493 e. The molecule has 2 fully saturated rings. The first-order valence-electron chi connectivity index (χ1n) is 9.25. The van der Waals surface area contributed by atoms with Gasteiger partial charge in [-0.05, 0) is 36.5 Å². The summed E-state index contributed by atoms with van der Waals surface area (Å²) < 4.78 is 16.6. The van der Waals surface area contributed by atoms with Crippen LogP contribution in [0.4, 0.5) is 0 Å². The van der Waals surface area contributed by atoms with Crippen LogP contribution in [0.2, 0.25) is 0 Å². The van der Waals surface area contributed by atoms with Crippen LogP contribution in [-0.4, -0.2) is 37.5 Å². The second-order valence-corrected chi connectivity index (χ2v) is 7.47. The zero-order chi connectivity index (χ0) is 18.5. The lowest BCUT2D eigenvalue weighted by atomic mass is 9.66. The third-order valence-electron chi connectivity index (χ3n) is 6.27. The van der Waals surface area contributed by atoms with Crippen molar-refractivity contribution in [2.24, 2.45) is 5.92 Å². The van der Waals surface area contributed by atoms with Gasteiger partial charge in [-0.15, -0.1) is 0 Å². The Bertz CT molecular complexity index is 761. The van der Waals surface area contributed by atoms with E-state index in [0.29, 0.717) is 30.4 Å². The van der Waals surface area contributed by atoms with Crippen molar-refractivity contribution in [1.82, 2.24) is 4.90 Å². The second-order valence-electron chi connectivity index (χ2n) is 7.47. The summed E-state index contributed by atoms with van der Waals surface area (Å²) in [5.41, 5.74) is 1.69. The molecule has 1 aromatic carbocycles. The van der Waals surface area contributed by atoms with E-state index in [9.17, 15) is 9.59 Å². The number of esters is 1. The van der Waals surface area contributed by atoms with Crippen molar-refractivity contribution in [3.05, 3.63) is 23.3 Å². The molecular weight excluding hydrogens is 334 g/mol. The molecule has 1 saturated carbocycles. The summed E-state index contributed by atoms with van der Waals surface area (Å²) in [5, 5.41) is 0. The van der Waals surface area contributed by atoms with Crippen LogP contribution in [0.15, 0.2) is 12.1 Å². The minimum atomic E-state index is -0.474. The van der Waals surface area contributed by atoms with Crippen LogP contribution in [0.1, 0.15) is 56.3 Å². The second kappa shape index (κ2) is 6.18. The average molecular weight is 359 g/mol. The Labute approximate surface area is 153 Å². The van der Waals surface area contributed by atoms with E-state index in [4.69, 9.17) is 14.2 Å². The highest BCUT2D eigenvalue weighted by molar-refractivity contribution is 5.82. The van der Waals surface area contributed by atoms with E-state index >= 15 is 0 Å². The van der Waals surface area contributed by atoms with Gasteiger partial charge in [-0.1, -0.05) is 12.8 Å². The molecule has 1 saturated heterocycles. The third-order valence-corrected chi connectivity index (χ3v) is 6.27. The molecule has 0 bridgehead atoms. The van der Waals surface area contributed by atoms with Gasteiger partial charge in [-0.2, -0.15) is 0 Å². The summed E-state index contributed by atoms with van der Waals surface area (Å²) in [4.78, 5) is 26.5. The van der Waals surface area contributed by atoms with E-state index in [0.717, 1.165) is 36.8 Å². The molecule has 1 amide bonds. The molecule has 1 aromatic rings. The number of ether oxygens (including phenoxy) is 3. The van der Waals surface area contributed by atoms with Crippen molar-refractivity contribution in [1.29, 1.82) is 0 Å². The molecule has 1 aliphatic carbocycles. The number of hydrogen-bond acceptors (Lipinski definition) is 5. The molecule has 140 valence electrons. The Morgan fingerprint density at radius 2 is 1.92 bits per heavy atom. The summed E-state index contributed by atoms with van der Waals surface area (Å²) in [5.74, 6) is 1.38. The smallest absolute Gasteiger partial charge is 0.303 e. The van der Waals surface area contributed by atoms with Gasteiger partial charge in [-0.3, -0.25) is 9.59 Å². The van der Waals surface area contributed by atoms with Crippen LogP contribution in [0, 0.1) is 5.92 Å². The molecule has 0 N–H and O–H groups in total. The van der Waals surface area contributed by atoms with Crippen molar-refractivity contribution in [2.75, 3.05) is 20.8 Å². The maximum absolute atomic E-state index is 12.8. The number of methoxy groups -OCH3 is 2. The van der Waals surface area contributed by atoms with Crippen molar-refractivity contribution in [3.8, 4) is 11.5 Å². The molecule has 2 heterocycles. The van der Waals surface area contributed by atoms with Crippen LogP contribution < -0.4 is 9.47 Å². The molecular formula is C20H25NO5. The molecule has 3 aliphatic rings. The SMILES string of the molecule is COc1cc2c(cc1OC)[C@]13CCCC[C@H]1CC(=O)N3C[C@@H]2OC(C)=O. The quantitative estimate of drug-likeness (QED) is 0.777. The average Bonchev–Trinajstić information content (AvgIpc) is 2.93. The normalized spacial score (nSPS) is 29.5. The highest BCUT2D eigenvalue weighted by atomic mass is 16.5. The van der Waals surface area contributed by atoms with Crippen LogP contribution in [0.25, 0.3) is 0 Å². The highest BCUT2D eigenvalue weighted by Gasteiger charge is 2.58. The zero-order valence-corrected chi connectivity index (χ0v) is 15.5. The van der Waals surface area contributed by atoms with Gasteiger partial charge in [0.1, 0.15) is 6.10 Å². The summed E-state index contributed by atoms with van der Waals surface area (Å²) in [7, 11) is 3.21. The monoisotopic (exact) mass is 359 g/mol. The topological polar surface area (TPSA) is 65.1 Å². The predicted molar refractivity (Wildman–Crippen MR) is 94.0 cm³/mol. The lowest BCUT2D eigenvalue weighted by Gasteiger charge is -2.51. The number of amides is 1. The van der Waals surface area contributed by atoms with E-state index < -0.39 is 6.10 Å². The van der Waals surface area contributed by atoms with Crippen molar-refractivity contribution in [2.45, 2.75) is 50.7 Å². The first-order chi connectivity index (χ1) is 12.5. The summed E-state index contributed by atoms with van der Waals surface area (Å²) in [6, 6.07) is 3.91. The number of benzene rings is 1. The van der Waals surface area contributed by atoms with Crippen LogP contribution in [-0.2, 0) is 19.9 Å². The summed E-state index contributed by atoms with van der Waals surface area (Å²) in [6.45, 7) is 1.82. The predicted octanol–water partition coefficient (Wildman–Crippen LogP) is 2.94. The molecule has 6 nitrogen and oxygen atoms in total. The maximum atomic E-state index is 12.8. The van der Waals surface area contributed by atoms with Crippen molar-refractivity contribution in [3.63, 3.8) is 0 Å². The Hall–Kier alpha value is -2.24. The molecule has 26 heavy (non-hydrogen) atoms. The Morgan fingerprint density at radius 3 is 2.62 bits per heavy atom. The van der Waals surface area contributed by atoms with E-state index in [1.165, 1.54) is 6.92 Å². The molecule has 6 heteroatoms. The fourth-order valence-electron chi connectivity index (χ4n) is 5.26. The van der Waals surface area contributed by atoms with Crippen molar-refractivity contribution >= 4 is 11.9 Å². The van der Waals surface area contributed by atoms with Crippen LogP contribution in [0.5, 0.6) is 11.5 Å². The van der Waals surface area contributed by atoms with Gasteiger partial charge in [0.05, 0.1) is 26.3 Å². The zero-order valence-electron chi connectivity index (χ0n) is 15.5. The molecule has 0 radical (unpaired) electrons. The van der Waals surface area contributed by atoms with Crippen molar-refractivity contribution < 1.29 is 23.8 Å². The van der Waals surface area contributed by atoms with E-state index in [-0.39, 0.29) is 17.4 Å². The fraction of sp³-hybridized carbons (Fsp3) is 0.600. The summed E-state index contributed by atoms with van der Waals surface area (Å²) in [6.07, 6.45) is 4.33.